The van der Waals surface area contributed by atoms with Crippen molar-refractivity contribution in [1.29, 1.82) is 0 Å². The fraction of sp³-hybridized carbons (Fsp3) is 0.800. The zero-order chi connectivity index (χ0) is 14.3. The predicted molar refractivity (Wildman–Crippen MR) is 80.6 cm³/mol. The molecule has 0 bridgehead atoms. The summed E-state index contributed by atoms with van der Waals surface area (Å²) in [5, 5.41) is 3.65. The van der Waals surface area contributed by atoms with Crippen LogP contribution in [-0.2, 0) is 4.74 Å². The van der Waals surface area contributed by atoms with E-state index in [9.17, 15) is 0 Å². The van der Waals surface area contributed by atoms with Crippen LogP contribution in [0.25, 0.3) is 0 Å². The fourth-order valence-electron chi connectivity index (χ4n) is 3.37. The smallest absolute Gasteiger partial charge is 0.0798 e. The highest BCUT2D eigenvalue weighted by atomic mass is 32.1. The third kappa shape index (κ3) is 3.01. The summed E-state index contributed by atoms with van der Waals surface area (Å²) in [7, 11) is 0. The van der Waals surface area contributed by atoms with Crippen molar-refractivity contribution < 1.29 is 4.74 Å². The monoisotopic (exact) mass is 282 g/mol. The summed E-state index contributed by atoms with van der Waals surface area (Å²) < 4.78 is 6.26. The van der Waals surface area contributed by atoms with Gasteiger partial charge in [-0.15, -0.1) is 11.3 Å². The van der Waals surface area contributed by atoms with Crippen molar-refractivity contribution >= 4 is 11.3 Å². The molecule has 1 N–H and O–H groups in total. The van der Waals surface area contributed by atoms with Crippen LogP contribution in [0.15, 0.2) is 5.51 Å². The second-order valence-electron chi connectivity index (χ2n) is 6.61. The lowest BCUT2D eigenvalue weighted by atomic mass is 9.80. The Morgan fingerprint density at radius 3 is 2.58 bits per heavy atom. The van der Waals surface area contributed by atoms with Gasteiger partial charge in [-0.05, 0) is 47.6 Å². The van der Waals surface area contributed by atoms with Crippen LogP contribution >= 0.6 is 11.3 Å². The standard InChI is InChI=1S/C15H26N2OS/c1-7-16-12(13-10(2)17-9-19-13)11-8-14(3,4)18-15(11,5)6/h9,11-12,16H,7-8H2,1-6H3. The molecule has 0 aromatic carbocycles. The van der Waals surface area contributed by atoms with Crippen molar-refractivity contribution in [3.8, 4) is 0 Å². The largest absolute Gasteiger partial charge is 0.369 e. The second kappa shape index (κ2) is 5.15. The van der Waals surface area contributed by atoms with Gasteiger partial charge in [0, 0.05) is 16.8 Å². The number of nitrogens with one attached hydrogen (secondary N) is 1. The van der Waals surface area contributed by atoms with Crippen LogP contribution in [0, 0.1) is 12.8 Å². The molecule has 0 amide bonds. The Morgan fingerprint density at radius 2 is 2.16 bits per heavy atom. The number of aryl methyl sites for hydroxylation is 1. The lowest BCUT2D eigenvalue weighted by molar-refractivity contribution is -0.0777. The van der Waals surface area contributed by atoms with Gasteiger partial charge < -0.3 is 10.1 Å². The summed E-state index contributed by atoms with van der Waals surface area (Å²) in [6.45, 7) is 14.0. The van der Waals surface area contributed by atoms with E-state index in [4.69, 9.17) is 4.74 Å². The number of aromatic nitrogens is 1. The third-order valence-electron chi connectivity index (χ3n) is 4.04. The molecule has 4 heteroatoms. The third-order valence-corrected chi connectivity index (χ3v) is 5.05. The molecule has 0 aliphatic carbocycles. The maximum atomic E-state index is 6.26. The number of ether oxygens (including phenoxy) is 1. The summed E-state index contributed by atoms with van der Waals surface area (Å²) in [5.74, 6) is 0.474. The number of rotatable bonds is 4. The van der Waals surface area contributed by atoms with E-state index in [1.165, 1.54) is 4.88 Å². The van der Waals surface area contributed by atoms with E-state index in [2.05, 4.69) is 51.8 Å². The Morgan fingerprint density at radius 1 is 1.47 bits per heavy atom. The van der Waals surface area contributed by atoms with Crippen molar-refractivity contribution in [2.45, 2.75) is 65.2 Å². The number of hydrogen-bond donors (Lipinski definition) is 1. The molecule has 3 nitrogen and oxygen atoms in total. The van der Waals surface area contributed by atoms with Crippen molar-refractivity contribution in [2.24, 2.45) is 5.92 Å². The van der Waals surface area contributed by atoms with Crippen LogP contribution < -0.4 is 5.32 Å². The molecule has 1 aromatic heterocycles. The first-order valence-corrected chi connectivity index (χ1v) is 7.98. The first-order chi connectivity index (χ1) is 8.77. The molecule has 1 saturated heterocycles. The van der Waals surface area contributed by atoms with E-state index in [0.717, 1.165) is 18.7 Å². The lowest BCUT2D eigenvalue weighted by Gasteiger charge is -2.33. The molecule has 1 aliphatic rings. The van der Waals surface area contributed by atoms with Crippen LogP contribution in [0.4, 0.5) is 0 Å². The molecule has 2 heterocycles. The minimum absolute atomic E-state index is 0.0412. The Balaban J connectivity index is 2.32. The van der Waals surface area contributed by atoms with E-state index in [1.807, 2.05) is 5.51 Å². The lowest BCUT2D eigenvalue weighted by Crippen LogP contribution is -2.38. The molecule has 2 unspecified atom stereocenters. The van der Waals surface area contributed by atoms with E-state index < -0.39 is 0 Å². The molecule has 0 radical (unpaired) electrons. The Kier molecular flexibility index (Phi) is 4.05. The summed E-state index contributed by atoms with van der Waals surface area (Å²) in [5.41, 5.74) is 2.95. The molecule has 0 saturated carbocycles. The highest BCUT2D eigenvalue weighted by Crippen LogP contribution is 2.48. The van der Waals surface area contributed by atoms with Gasteiger partial charge in [0.15, 0.2) is 0 Å². The Labute approximate surface area is 120 Å². The highest BCUT2D eigenvalue weighted by Gasteiger charge is 2.49. The average Bonchev–Trinajstić information content (AvgIpc) is 2.76. The van der Waals surface area contributed by atoms with E-state index >= 15 is 0 Å². The second-order valence-corrected chi connectivity index (χ2v) is 7.50. The van der Waals surface area contributed by atoms with Crippen LogP contribution in [-0.4, -0.2) is 22.7 Å². The zero-order valence-corrected chi connectivity index (χ0v) is 13.7. The molecule has 1 aromatic rings. The number of thiazole rings is 1. The maximum absolute atomic E-state index is 6.26. The summed E-state index contributed by atoms with van der Waals surface area (Å²) >= 11 is 1.76. The maximum Gasteiger partial charge on any atom is 0.0798 e. The molecule has 108 valence electrons. The van der Waals surface area contributed by atoms with E-state index in [1.54, 1.807) is 11.3 Å². The van der Waals surface area contributed by atoms with Gasteiger partial charge in [-0.1, -0.05) is 6.92 Å². The minimum atomic E-state index is -0.104. The van der Waals surface area contributed by atoms with Crippen molar-refractivity contribution in [1.82, 2.24) is 10.3 Å². The molecule has 2 atom stereocenters. The first kappa shape index (κ1) is 14.9. The molecule has 2 rings (SSSR count). The molecule has 0 spiro atoms. The van der Waals surface area contributed by atoms with Crippen LogP contribution in [0.3, 0.4) is 0 Å². The van der Waals surface area contributed by atoms with Crippen LogP contribution in [0.2, 0.25) is 0 Å². The SMILES string of the molecule is CCNC(c1scnc1C)C1CC(C)(C)OC1(C)C. The molecule has 1 aliphatic heterocycles. The van der Waals surface area contributed by atoms with Crippen molar-refractivity contribution in [3.63, 3.8) is 0 Å². The average molecular weight is 282 g/mol. The quantitative estimate of drug-likeness (QED) is 0.914. The van der Waals surface area contributed by atoms with E-state index in [-0.39, 0.29) is 11.2 Å². The van der Waals surface area contributed by atoms with Gasteiger partial charge in [0.2, 0.25) is 0 Å². The molecule has 19 heavy (non-hydrogen) atoms. The van der Waals surface area contributed by atoms with Gasteiger partial charge in [-0.25, -0.2) is 4.98 Å². The summed E-state index contributed by atoms with van der Waals surface area (Å²) in [6.07, 6.45) is 1.08. The predicted octanol–water partition coefficient (Wildman–Crippen LogP) is 3.70. The summed E-state index contributed by atoms with van der Waals surface area (Å²) in [6, 6.07) is 0.342. The van der Waals surface area contributed by atoms with Gasteiger partial charge in [0.05, 0.1) is 22.4 Å². The fourth-order valence-corrected chi connectivity index (χ4v) is 4.31. The molecule has 1 fully saturated rings. The zero-order valence-electron chi connectivity index (χ0n) is 12.9. The molecular formula is C15H26N2OS. The summed E-state index contributed by atoms with van der Waals surface area (Å²) in [4.78, 5) is 5.78. The first-order valence-electron chi connectivity index (χ1n) is 7.10. The van der Waals surface area contributed by atoms with Crippen molar-refractivity contribution in [3.05, 3.63) is 16.1 Å². The van der Waals surface area contributed by atoms with Gasteiger partial charge >= 0.3 is 0 Å². The van der Waals surface area contributed by atoms with Gasteiger partial charge in [0.25, 0.3) is 0 Å². The van der Waals surface area contributed by atoms with Gasteiger partial charge in [-0.2, -0.15) is 0 Å². The number of hydrogen-bond acceptors (Lipinski definition) is 4. The van der Waals surface area contributed by atoms with E-state index in [0.29, 0.717) is 12.0 Å². The molecular weight excluding hydrogens is 256 g/mol. The number of nitrogens with zero attached hydrogens (tertiary/aromatic N) is 1. The van der Waals surface area contributed by atoms with Gasteiger partial charge in [-0.3, -0.25) is 0 Å². The minimum Gasteiger partial charge on any atom is -0.369 e. The Bertz CT molecular complexity index is 439. The highest BCUT2D eigenvalue weighted by molar-refractivity contribution is 7.09. The topological polar surface area (TPSA) is 34.2 Å². The Hall–Kier alpha value is -0.450. The van der Waals surface area contributed by atoms with Gasteiger partial charge in [0.1, 0.15) is 0 Å². The van der Waals surface area contributed by atoms with Crippen LogP contribution in [0.1, 0.15) is 57.7 Å². The van der Waals surface area contributed by atoms with Crippen LogP contribution in [0.5, 0.6) is 0 Å². The normalized spacial score (nSPS) is 26.5. The van der Waals surface area contributed by atoms with Crippen molar-refractivity contribution in [2.75, 3.05) is 6.54 Å².